The van der Waals surface area contributed by atoms with Gasteiger partial charge in [-0.1, -0.05) is 18.2 Å². The van der Waals surface area contributed by atoms with E-state index in [0.29, 0.717) is 5.25 Å². The van der Waals surface area contributed by atoms with E-state index in [4.69, 9.17) is 5.26 Å². The number of hydrogen-bond acceptors (Lipinski definition) is 4. The van der Waals surface area contributed by atoms with Gasteiger partial charge >= 0.3 is 0 Å². The third kappa shape index (κ3) is 2.48. The first-order chi connectivity index (χ1) is 7.29. The predicted octanol–water partition coefficient (Wildman–Crippen LogP) is 2.57. The molecule has 2 unspecified atom stereocenters. The van der Waals surface area contributed by atoms with E-state index in [9.17, 15) is 0 Å². The van der Waals surface area contributed by atoms with E-state index in [-0.39, 0.29) is 5.92 Å². The Morgan fingerprint density at radius 2 is 2.40 bits per heavy atom. The molecule has 0 spiro atoms. The van der Waals surface area contributed by atoms with E-state index >= 15 is 0 Å². The van der Waals surface area contributed by atoms with Gasteiger partial charge in [0.15, 0.2) is 5.16 Å². The predicted molar refractivity (Wildman–Crippen MR) is 59.4 cm³/mol. The largest absolute Gasteiger partial charge is 0.231 e. The molecule has 0 aromatic carbocycles. The molecule has 4 heteroatoms. The first-order valence-electron chi connectivity index (χ1n) is 5.15. The van der Waals surface area contributed by atoms with Gasteiger partial charge < -0.3 is 0 Å². The number of nitriles is 1. The molecule has 1 aliphatic rings. The van der Waals surface area contributed by atoms with Crippen LogP contribution in [0.3, 0.4) is 0 Å². The molecule has 1 aliphatic carbocycles. The van der Waals surface area contributed by atoms with Crippen LogP contribution in [0.1, 0.15) is 25.0 Å². The van der Waals surface area contributed by atoms with Crippen LogP contribution in [0.25, 0.3) is 0 Å². The quantitative estimate of drug-likeness (QED) is 0.717. The molecule has 0 saturated heterocycles. The zero-order valence-electron chi connectivity index (χ0n) is 8.68. The number of hydrogen-bond donors (Lipinski definition) is 0. The lowest BCUT2D eigenvalue weighted by atomic mass is 10.1. The standard InChI is InChI=1S/C11H13N3S/c1-8-5-6-13-11(14-8)15-10-4-2-3-9(10)7-12/h5-6,9-10H,2-4H2,1H3. The second-order valence-electron chi connectivity index (χ2n) is 3.80. The average Bonchev–Trinajstić information content (AvgIpc) is 2.65. The highest BCUT2D eigenvalue weighted by Gasteiger charge is 2.28. The molecule has 2 atom stereocenters. The van der Waals surface area contributed by atoms with Crippen molar-refractivity contribution in [1.82, 2.24) is 9.97 Å². The smallest absolute Gasteiger partial charge is 0.188 e. The second-order valence-corrected chi connectivity index (χ2v) is 5.01. The molecule has 0 radical (unpaired) electrons. The van der Waals surface area contributed by atoms with Gasteiger partial charge in [-0.05, 0) is 25.8 Å². The van der Waals surface area contributed by atoms with Gasteiger partial charge in [0.2, 0.25) is 0 Å². The van der Waals surface area contributed by atoms with E-state index < -0.39 is 0 Å². The topological polar surface area (TPSA) is 49.6 Å². The van der Waals surface area contributed by atoms with Crippen LogP contribution in [-0.2, 0) is 0 Å². The Hall–Kier alpha value is -1.08. The summed E-state index contributed by atoms with van der Waals surface area (Å²) in [5.74, 6) is 0.180. The third-order valence-corrected chi connectivity index (χ3v) is 3.92. The van der Waals surface area contributed by atoms with Crippen molar-refractivity contribution in [2.45, 2.75) is 36.6 Å². The molecule has 0 bridgehead atoms. The highest BCUT2D eigenvalue weighted by molar-refractivity contribution is 7.99. The summed E-state index contributed by atoms with van der Waals surface area (Å²) in [6.07, 6.45) is 5.07. The lowest BCUT2D eigenvalue weighted by Crippen LogP contribution is -2.08. The first kappa shape index (κ1) is 10.4. The van der Waals surface area contributed by atoms with Crippen LogP contribution in [0.2, 0.25) is 0 Å². The molecule has 1 fully saturated rings. The van der Waals surface area contributed by atoms with Crippen molar-refractivity contribution in [3.8, 4) is 6.07 Å². The number of aromatic nitrogens is 2. The van der Waals surface area contributed by atoms with Gasteiger partial charge in [-0.3, -0.25) is 0 Å². The number of aryl methyl sites for hydroxylation is 1. The minimum atomic E-state index is 0.180. The van der Waals surface area contributed by atoms with E-state index in [1.807, 2.05) is 13.0 Å². The Balaban J connectivity index is 2.06. The van der Waals surface area contributed by atoms with Gasteiger partial charge in [0.25, 0.3) is 0 Å². The molecular weight excluding hydrogens is 206 g/mol. The van der Waals surface area contributed by atoms with Crippen molar-refractivity contribution < 1.29 is 0 Å². The molecule has 1 saturated carbocycles. The number of thioether (sulfide) groups is 1. The first-order valence-corrected chi connectivity index (χ1v) is 6.03. The average molecular weight is 219 g/mol. The molecule has 1 aromatic rings. The Kier molecular flexibility index (Phi) is 3.22. The van der Waals surface area contributed by atoms with Crippen LogP contribution >= 0.6 is 11.8 Å². The summed E-state index contributed by atoms with van der Waals surface area (Å²) in [7, 11) is 0. The van der Waals surface area contributed by atoms with Gasteiger partial charge in [0.05, 0.1) is 12.0 Å². The lowest BCUT2D eigenvalue weighted by Gasteiger charge is -2.11. The van der Waals surface area contributed by atoms with E-state index in [1.54, 1.807) is 18.0 Å². The van der Waals surface area contributed by atoms with Crippen molar-refractivity contribution in [2.24, 2.45) is 5.92 Å². The van der Waals surface area contributed by atoms with Crippen LogP contribution < -0.4 is 0 Å². The maximum atomic E-state index is 8.96. The lowest BCUT2D eigenvalue weighted by molar-refractivity contribution is 0.711. The number of nitrogens with zero attached hydrogens (tertiary/aromatic N) is 3. The monoisotopic (exact) mass is 219 g/mol. The van der Waals surface area contributed by atoms with Crippen molar-refractivity contribution in [3.63, 3.8) is 0 Å². The van der Waals surface area contributed by atoms with Gasteiger partial charge in [0.1, 0.15) is 0 Å². The van der Waals surface area contributed by atoms with Gasteiger partial charge in [-0.15, -0.1) is 0 Å². The highest BCUT2D eigenvalue weighted by atomic mass is 32.2. The van der Waals surface area contributed by atoms with Gasteiger partial charge in [-0.2, -0.15) is 5.26 Å². The Morgan fingerprint density at radius 1 is 1.53 bits per heavy atom. The summed E-state index contributed by atoms with van der Waals surface area (Å²) in [5, 5.41) is 10.2. The SMILES string of the molecule is Cc1ccnc(SC2CCCC2C#N)n1. The Morgan fingerprint density at radius 3 is 3.13 bits per heavy atom. The molecular formula is C11H13N3S. The fourth-order valence-electron chi connectivity index (χ4n) is 1.83. The minimum absolute atomic E-state index is 0.180. The van der Waals surface area contributed by atoms with Gasteiger partial charge in [-0.25, -0.2) is 9.97 Å². The van der Waals surface area contributed by atoms with E-state index in [2.05, 4.69) is 16.0 Å². The molecule has 0 amide bonds. The number of rotatable bonds is 2. The molecule has 15 heavy (non-hydrogen) atoms. The molecule has 1 aromatic heterocycles. The van der Waals surface area contributed by atoms with Crippen LogP contribution in [0.15, 0.2) is 17.4 Å². The van der Waals surface area contributed by atoms with E-state index in [1.165, 1.54) is 0 Å². The zero-order chi connectivity index (χ0) is 10.7. The van der Waals surface area contributed by atoms with Gasteiger partial charge in [0, 0.05) is 17.1 Å². The normalized spacial score (nSPS) is 25.1. The van der Waals surface area contributed by atoms with Crippen molar-refractivity contribution in [1.29, 1.82) is 5.26 Å². The van der Waals surface area contributed by atoms with Crippen LogP contribution in [0, 0.1) is 24.2 Å². The third-order valence-electron chi connectivity index (χ3n) is 2.65. The maximum absolute atomic E-state index is 8.96. The van der Waals surface area contributed by atoms with E-state index in [0.717, 1.165) is 30.1 Å². The Labute approximate surface area is 93.9 Å². The van der Waals surface area contributed by atoms with Crippen LogP contribution in [0.4, 0.5) is 0 Å². The molecule has 0 aliphatic heterocycles. The summed E-state index contributed by atoms with van der Waals surface area (Å²) in [6.45, 7) is 1.96. The Bertz CT molecular complexity index is 386. The zero-order valence-corrected chi connectivity index (χ0v) is 9.50. The van der Waals surface area contributed by atoms with Crippen molar-refractivity contribution in [2.75, 3.05) is 0 Å². The van der Waals surface area contributed by atoms with Crippen molar-refractivity contribution in [3.05, 3.63) is 18.0 Å². The van der Waals surface area contributed by atoms with Crippen molar-refractivity contribution >= 4 is 11.8 Å². The minimum Gasteiger partial charge on any atom is -0.231 e. The van der Waals surface area contributed by atoms with Crippen LogP contribution in [0.5, 0.6) is 0 Å². The molecule has 3 nitrogen and oxygen atoms in total. The fourth-order valence-corrected chi connectivity index (χ4v) is 3.07. The molecule has 1 heterocycles. The summed E-state index contributed by atoms with van der Waals surface area (Å²) < 4.78 is 0. The summed E-state index contributed by atoms with van der Waals surface area (Å²) in [5.41, 5.74) is 0.985. The highest BCUT2D eigenvalue weighted by Crippen LogP contribution is 2.37. The fraction of sp³-hybridized carbons (Fsp3) is 0.545. The molecule has 0 N–H and O–H groups in total. The van der Waals surface area contributed by atoms with Crippen LogP contribution in [-0.4, -0.2) is 15.2 Å². The molecule has 2 rings (SSSR count). The summed E-state index contributed by atoms with van der Waals surface area (Å²) in [6, 6.07) is 4.26. The summed E-state index contributed by atoms with van der Waals surface area (Å²) in [4.78, 5) is 8.56. The molecule has 78 valence electrons. The maximum Gasteiger partial charge on any atom is 0.188 e. The second kappa shape index (κ2) is 4.63. The summed E-state index contributed by atoms with van der Waals surface area (Å²) >= 11 is 1.65.